The molecule has 1 aromatic carbocycles. The van der Waals surface area contributed by atoms with Crippen LogP contribution in [0.1, 0.15) is 36.7 Å². The zero-order valence-corrected chi connectivity index (χ0v) is 13.9. The second kappa shape index (κ2) is 9.50. The minimum Gasteiger partial charge on any atom is -0.492 e. The van der Waals surface area contributed by atoms with Crippen molar-refractivity contribution in [2.45, 2.75) is 32.7 Å². The van der Waals surface area contributed by atoms with E-state index < -0.39 is 0 Å². The SMILES string of the molecule is CCCCCNC(=O)c1ccc(=O)n(CCOc2ccccc2)n1. The van der Waals surface area contributed by atoms with Crippen molar-refractivity contribution in [3.05, 3.63) is 58.5 Å². The lowest BCUT2D eigenvalue weighted by atomic mass is 10.2. The molecule has 2 aromatic rings. The van der Waals surface area contributed by atoms with E-state index in [4.69, 9.17) is 4.74 Å². The second-order valence-electron chi connectivity index (χ2n) is 5.40. The topological polar surface area (TPSA) is 73.2 Å². The lowest BCUT2D eigenvalue weighted by Gasteiger charge is -2.09. The maximum atomic E-state index is 12.0. The third-order valence-electron chi connectivity index (χ3n) is 3.48. The third-order valence-corrected chi connectivity index (χ3v) is 3.48. The first-order chi connectivity index (χ1) is 11.7. The number of nitrogens with zero attached hydrogens (tertiary/aromatic N) is 2. The highest BCUT2D eigenvalue weighted by Crippen LogP contribution is 2.07. The number of aromatic nitrogens is 2. The van der Waals surface area contributed by atoms with Gasteiger partial charge in [0.2, 0.25) is 0 Å². The molecular weight excluding hydrogens is 306 g/mol. The van der Waals surface area contributed by atoms with Crippen molar-refractivity contribution in [2.75, 3.05) is 13.2 Å². The van der Waals surface area contributed by atoms with E-state index in [-0.39, 0.29) is 23.7 Å². The maximum Gasteiger partial charge on any atom is 0.271 e. The van der Waals surface area contributed by atoms with Gasteiger partial charge in [0.15, 0.2) is 0 Å². The lowest BCUT2D eigenvalue weighted by Crippen LogP contribution is -2.31. The van der Waals surface area contributed by atoms with Gasteiger partial charge in [0.25, 0.3) is 11.5 Å². The van der Waals surface area contributed by atoms with Crippen LogP contribution in [0.3, 0.4) is 0 Å². The molecule has 1 amide bonds. The number of nitrogens with one attached hydrogen (secondary N) is 1. The van der Waals surface area contributed by atoms with Gasteiger partial charge in [-0.1, -0.05) is 38.0 Å². The lowest BCUT2D eigenvalue weighted by molar-refractivity contribution is 0.0945. The number of rotatable bonds is 9. The zero-order valence-electron chi connectivity index (χ0n) is 13.9. The van der Waals surface area contributed by atoms with Crippen molar-refractivity contribution in [3.63, 3.8) is 0 Å². The summed E-state index contributed by atoms with van der Waals surface area (Å²) in [4.78, 5) is 23.9. The highest BCUT2D eigenvalue weighted by atomic mass is 16.5. The number of unbranched alkanes of at least 4 members (excludes halogenated alkanes) is 2. The van der Waals surface area contributed by atoms with Gasteiger partial charge in [0, 0.05) is 12.6 Å². The van der Waals surface area contributed by atoms with Gasteiger partial charge in [-0.25, -0.2) is 4.68 Å². The Bertz CT molecular complexity index is 698. The second-order valence-corrected chi connectivity index (χ2v) is 5.40. The van der Waals surface area contributed by atoms with Gasteiger partial charge in [-0.3, -0.25) is 9.59 Å². The van der Waals surface area contributed by atoms with Crippen molar-refractivity contribution in [2.24, 2.45) is 0 Å². The van der Waals surface area contributed by atoms with E-state index in [1.54, 1.807) is 0 Å². The van der Waals surface area contributed by atoms with Crippen molar-refractivity contribution >= 4 is 5.91 Å². The van der Waals surface area contributed by atoms with Gasteiger partial charge in [-0.05, 0) is 24.6 Å². The largest absolute Gasteiger partial charge is 0.492 e. The molecule has 0 radical (unpaired) electrons. The fourth-order valence-electron chi connectivity index (χ4n) is 2.16. The molecule has 6 nitrogen and oxygen atoms in total. The summed E-state index contributed by atoms with van der Waals surface area (Å²) in [5.41, 5.74) is -0.0139. The van der Waals surface area contributed by atoms with E-state index in [1.165, 1.54) is 16.8 Å². The van der Waals surface area contributed by atoms with E-state index in [2.05, 4.69) is 17.3 Å². The van der Waals surface area contributed by atoms with Crippen LogP contribution in [0.4, 0.5) is 0 Å². The molecule has 0 bridgehead atoms. The first kappa shape index (κ1) is 17.7. The quantitative estimate of drug-likeness (QED) is 0.716. The summed E-state index contributed by atoms with van der Waals surface area (Å²) in [5.74, 6) is 0.471. The summed E-state index contributed by atoms with van der Waals surface area (Å²) < 4.78 is 6.81. The summed E-state index contributed by atoms with van der Waals surface area (Å²) in [7, 11) is 0. The number of carbonyl (C=O) groups is 1. The predicted molar refractivity (Wildman–Crippen MR) is 92.3 cm³/mol. The van der Waals surface area contributed by atoms with Gasteiger partial charge < -0.3 is 10.1 Å². The van der Waals surface area contributed by atoms with Crippen LogP contribution in [0.2, 0.25) is 0 Å². The number of benzene rings is 1. The molecule has 0 unspecified atom stereocenters. The van der Waals surface area contributed by atoms with Crippen LogP contribution in [0.25, 0.3) is 0 Å². The monoisotopic (exact) mass is 329 g/mol. The first-order valence-electron chi connectivity index (χ1n) is 8.25. The van der Waals surface area contributed by atoms with E-state index in [0.717, 1.165) is 25.0 Å². The maximum absolute atomic E-state index is 12.0. The first-order valence-corrected chi connectivity index (χ1v) is 8.25. The van der Waals surface area contributed by atoms with E-state index >= 15 is 0 Å². The van der Waals surface area contributed by atoms with E-state index in [1.807, 2.05) is 30.3 Å². The number of ether oxygens (including phenoxy) is 1. The molecule has 6 heteroatoms. The highest BCUT2D eigenvalue weighted by molar-refractivity contribution is 5.91. The van der Waals surface area contributed by atoms with Crippen LogP contribution in [0.5, 0.6) is 5.75 Å². The zero-order chi connectivity index (χ0) is 17.2. The van der Waals surface area contributed by atoms with Crippen LogP contribution in [0.15, 0.2) is 47.3 Å². The molecule has 0 fully saturated rings. The number of hydrogen-bond donors (Lipinski definition) is 1. The van der Waals surface area contributed by atoms with Gasteiger partial charge in [0.1, 0.15) is 18.1 Å². The Morgan fingerprint density at radius 2 is 1.96 bits per heavy atom. The van der Waals surface area contributed by atoms with Crippen molar-refractivity contribution in [1.82, 2.24) is 15.1 Å². The summed E-state index contributed by atoms with van der Waals surface area (Å²) >= 11 is 0. The number of para-hydroxylation sites is 1. The minimum atomic E-state index is -0.260. The third kappa shape index (κ3) is 5.53. The van der Waals surface area contributed by atoms with Crippen molar-refractivity contribution in [3.8, 4) is 5.75 Å². The summed E-state index contributed by atoms with van der Waals surface area (Å²) in [5, 5.41) is 6.93. The van der Waals surface area contributed by atoms with E-state index in [0.29, 0.717) is 13.2 Å². The normalized spacial score (nSPS) is 10.4. The molecule has 0 aliphatic carbocycles. The Labute approximate surface area is 141 Å². The Balaban J connectivity index is 1.90. The van der Waals surface area contributed by atoms with Crippen LogP contribution in [-0.2, 0) is 6.54 Å². The fourth-order valence-corrected chi connectivity index (χ4v) is 2.16. The molecule has 24 heavy (non-hydrogen) atoms. The van der Waals surface area contributed by atoms with Crippen LogP contribution < -0.4 is 15.6 Å². The standard InChI is InChI=1S/C18H23N3O3/c1-2-3-7-12-19-18(23)16-10-11-17(22)21(20-16)13-14-24-15-8-5-4-6-9-15/h4-6,8-11H,2-3,7,12-14H2,1H3,(H,19,23). The predicted octanol–water partition coefficient (Wildman–Crippen LogP) is 2.24. The van der Waals surface area contributed by atoms with Crippen molar-refractivity contribution in [1.29, 1.82) is 0 Å². The molecule has 1 N–H and O–H groups in total. The van der Waals surface area contributed by atoms with Gasteiger partial charge >= 0.3 is 0 Å². The summed E-state index contributed by atoms with van der Waals surface area (Å²) in [6, 6.07) is 12.2. The van der Waals surface area contributed by atoms with E-state index in [9.17, 15) is 9.59 Å². The Hall–Kier alpha value is -2.63. The van der Waals surface area contributed by atoms with Gasteiger partial charge in [-0.2, -0.15) is 5.10 Å². The molecule has 0 aliphatic rings. The average molecular weight is 329 g/mol. The Morgan fingerprint density at radius 1 is 1.17 bits per heavy atom. The Kier molecular flexibility index (Phi) is 7.01. The number of amides is 1. The van der Waals surface area contributed by atoms with Crippen LogP contribution in [0, 0.1) is 0 Å². The average Bonchev–Trinajstić information content (AvgIpc) is 2.61. The molecule has 0 spiro atoms. The Morgan fingerprint density at radius 3 is 2.71 bits per heavy atom. The molecule has 0 aliphatic heterocycles. The molecular formula is C18H23N3O3. The summed E-state index contributed by atoms with van der Waals surface area (Å²) in [6.07, 6.45) is 3.11. The molecule has 128 valence electrons. The van der Waals surface area contributed by atoms with Crippen LogP contribution >= 0.6 is 0 Å². The molecule has 0 saturated carbocycles. The fraction of sp³-hybridized carbons (Fsp3) is 0.389. The van der Waals surface area contributed by atoms with Gasteiger partial charge in [0.05, 0.1) is 6.54 Å². The molecule has 1 aromatic heterocycles. The highest BCUT2D eigenvalue weighted by Gasteiger charge is 2.09. The minimum absolute atomic E-state index is 0.241. The molecule has 0 saturated heterocycles. The van der Waals surface area contributed by atoms with Crippen molar-refractivity contribution < 1.29 is 9.53 Å². The molecule has 0 atom stereocenters. The summed E-state index contributed by atoms with van der Waals surface area (Å²) in [6.45, 7) is 3.31. The number of hydrogen-bond acceptors (Lipinski definition) is 4. The van der Waals surface area contributed by atoms with Crippen LogP contribution in [-0.4, -0.2) is 28.8 Å². The molecule has 2 rings (SSSR count). The smallest absolute Gasteiger partial charge is 0.271 e. The van der Waals surface area contributed by atoms with Gasteiger partial charge in [-0.15, -0.1) is 0 Å². The number of carbonyl (C=O) groups excluding carboxylic acids is 1. The molecule has 1 heterocycles.